The Hall–Kier alpha value is -0.960. The minimum absolute atomic E-state index is 0.497. The molecule has 0 aliphatic heterocycles. The van der Waals surface area contributed by atoms with Crippen LogP contribution in [-0.2, 0) is 4.79 Å². The van der Waals surface area contributed by atoms with Crippen molar-refractivity contribution in [2.75, 3.05) is 0 Å². The molecule has 1 atom stereocenters. The topological polar surface area (TPSA) is 40.1 Å². The maximum absolute atomic E-state index is 10.4. The Bertz CT molecular complexity index is 292. The van der Waals surface area contributed by atoms with Gasteiger partial charge in [0.2, 0.25) is 0 Å². The minimum atomic E-state index is -1.02. The highest BCUT2D eigenvalue weighted by molar-refractivity contribution is 8.00. The molecule has 1 rings (SSSR count). The maximum atomic E-state index is 10.4. The fraction of sp³-hybridized carbons (Fsp3) is 0.300. The van der Waals surface area contributed by atoms with Crippen LogP contribution in [0.15, 0.2) is 29.2 Å². The molecule has 0 saturated carbocycles. The van der Waals surface area contributed by atoms with Crippen molar-refractivity contribution < 1.29 is 9.90 Å². The predicted octanol–water partition coefficient (Wildman–Crippen LogP) is 1.23. The molecule has 0 aliphatic rings. The first-order valence-electron chi connectivity index (χ1n) is 4.04. The molecule has 0 saturated heterocycles. The number of carbonyl (C=O) groups excluding carboxylic acids is 1. The van der Waals surface area contributed by atoms with Crippen LogP contribution in [0, 0.1) is 6.92 Å². The molecule has 70 valence electrons. The second-order valence-corrected chi connectivity index (χ2v) is 4.31. The molecule has 2 nitrogen and oxygen atoms in total. The van der Waals surface area contributed by atoms with Crippen LogP contribution in [0.3, 0.4) is 0 Å². The van der Waals surface area contributed by atoms with E-state index in [-0.39, 0.29) is 0 Å². The molecule has 0 radical (unpaired) electrons. The summed E-state index contributed by atoms with van der Waals surface area (Å²) in [6.45, 7) is 3.62. The lowest BCUT2D eigenvalue weighted by Gasteiger charge is -2.11. The Balaban J connectivity index is 2.64. The van der Waals surface area contributed by atoms with Crippen molar-refractivity contribution in [2.45, 2.75) is 24.0 Å². The average Bonchev–Trinajstić information content (AvgIpc) is 2.08. The third kappa shape index (κ3) is 3.11. The Morgan fingerprint density at radius 1 is 1.38 bits per heavy atom. The predicted molar refractivity (Wildman–Crippen MR) is 51.5 cm³/mol. The molecule has 0 unspecified atom stereocenters. The van der Waals surface area contributed by atoms with E-state index in [9.17, 15) is 9.90 Å². The minimum Gasteiger partial charge on any atom is -0.549 e. The molecular weight excluding hydrogens is 184 g/mol. The zero-order valence-electron chi connectivity index (χ0n) is 7.61. The summed E-state index contributed by atoms with van der Waals surface area (Å²) in [5.41, 5.74) is 1.17. The number of benzene rings is 1. The molecule has 0 spiro atoms. The third-order valence-electron chi connectivity index (χ3n) is 1.67. The lowest BCUT2D eigenvalue weighted by molar-refractivity contribution is -0.304. The molecule has 0 aromatic heterocycles. The summed E-state index contributed by atoms with van der Waals surface area (Å²) in [5, 5.41) is 9.94. The Morgan fingerprint density at radius 2 is 1.92 bits per heavy atom. The van der Waals surface area contributed by atoms with Crippen molar-refractivity contribution in [1.82, 2.24) is 0 Å². The Morgan fingerprint density at radius 3 is 2.38 bits per heavy atom. The second kappa shape index (κ2) is 4.33. The van der Waals surface area contributed by atoms with Gasteiger partial charge in [0.05, 0.1) is 5.97 Å². The Labute approximate surface area is 82.0 Å². The van der Waals surface area contributed by atoms with Gasteiger partial charge in [-0.25, -0.2) is 0 Å². The number of rotatable bonds is 3. The van der Waals surface area contributed by atoms with Gasteiger partial charge in [0.15, 0.2) is 0 Å². The van der Waals surface area contributed by atoms with Crippen molar-refractivity contribution in [3.63, 3.8) is 0 Å². The number of aryl methyl sites for hydroxylation is 1. The van der Waals surface area contributed by atoms with Gasteiger partial charge in [-0.05, 0) is 26.0 Å². The van der Waals surface area contributed by atoms with E-state index in [4.69, 9.17) is 0 Å². The lowest BCUT2D eigenvalue weighted by atomic mass is 10.2. The number of carbonyl (C=O) groups is 1. The molecule has 1 aromatic rings. The van der Waals surface area contributed by atoms with E-state index in [1.165, 1.54) is 17.3 Å². The van der Waals surface area contributed by atoms with Gasteiger partial charge in [0.1, 0.15) is 0 Å². The second-order valence-electron chi connectivity index (χ2n) is 2.89. The number of hydrogen-bond acceptors (Lipinski definition) is 3. The Kier molecular flexibility index (Phi) is 3.37. The van der Waals surface area contributed by atoms with Gasteiger partial charge in [-0.15, -0.1) is 11.8 Å². The fourth-order valence-corrected chi connectivity index (χ4v) is 1.67. The first kappa shape index (κ1) is 10.1. The van der Waals surface area contributed by atoms with Gasteiger partial charge in [0, 0.05) is 10.1 Å². The number of carboxylic acid groups (broad SMARTS) is 1. The van der Waals surface area contributed by atoms with E-state index in [2.05, 4.69) is 0 Å². The zero-order chi connectivity index (χ0) is 9.84. The molecule has 1 aromatic carbocycles. The van der Waals surface area contributed by atoms with Gasteiger partial charge in [-0.3, -0.25) is 0 Å². The summed E-state index contributed by atoms with van der Waals surface area (Å²) in [4.78, 5) is 11.4. The molecule has 13 heavy (non-hydrogen) atoms. The van der Waals surface area contributed by atoms with Crippen molar-refractivity contribution in [1.29, 1.82) is 0 Å². The van der Waals surface area contributed by atoms with E-state index in [1.54, 1.807) is 6.92 Å². The number of hydrogen-bond donors (Lipinski definition) is 0. The third-order valence-corrected chi connectivity index (χ3v) is 2.76. The number of carboxylic acids is 1. The highest BCUT2D eigenvalue weighted by Crippen LogP contribution is 2.22. The molecule has 0 aliphatic carbocycles. The first-order valence-corrected chi connectivity index (χ1v) is 4.92. The molecule has 0 bridgehead atoms. The monoisotopic (exact) mass is 195 g/mol. The van der Waals surface area contributed by atoms with E-state index in [0.29, 0.717) is 0 Å². The highest BCUT2D eigenvalue weighted by Gasteiger charge is 2.03. The molecule has 0 heterocycles. The van der Waals surface area contributed by atoms with Crippen LogP contribution in [0.25, 0.3) is 0 Å². The molecule has 3 heteroatoms. The normalized spacial score (nSPS) is 12.5. The first-order chi connectivity index (χ1) is 6.09. The molecular formula is C10H11O2S-. The van der Waals surface area contributed by atoms with Crippen molar-refractivity contribution in [2.24, 2.45) is 0 Å². The van der Waals surface area contributed by atoms with Crippen LogP contribution in [0.2, 0.25) is 0 Å². The SMILES string of the molecule is Cc1ccc(S[C@@H](C)C(=O)[O-])cc1. The van der Waals surface area contributed by atoms with Crippen LogP contribution >= 0.6 is 11.8 Å². The van der Waals surface area contributed by atoms with E-state index in [0.717, 1.165) is 4.90 Å². The molecule has 0 fully saturated rings. The van der Waals surface area contributed by atoms with Crippen LogP contribution < -0.4 is 5.11 Å². The standard InChI is InChI=1S/C10H12O2S/c1-7-3-5-9(6-4-7)13-8(2)10(11)12/h3-6,8H,1-2H3,(H,11,12)/p-1/t8-/m0/s1. The maximum Gasteiger partial charge on any atom is 0.0545 e. The van der Waals surface area contributed by atoms with Gasteiger partial charge in [0.25, 0.3) is 0 Å². The van der Waals surface area contributed by atoms with E-state index >= 15 is 0 Å². The van der Waals surface area contributed by atoms with Crippen molar-refractivity contribution in [3.05, 3.63) is 29.8 Å². The van der Waals surface area contributed by atoms with Crippen LogP contribution in [-0.4, -0.2) is 11.2 Å². The summed E-state index contributed by atoms with van der Waals surface area (Å²) in [7, 11) is 0. The van der Waals surface area contributed by atoms with Crippen molar-refractivity contribution >= 4 is 17.7 Å². The zero-order valence-corrected chi connectivity index (χ0v) is 8.43. The largest absolute Gasteiger partial charge is 0.549 e. The van der Waals surface area contributed by atoms with Gasteiger partial charge in [-0.2, -0.15) is 0 Å². The van der Waals surface area contributed by atoms with Gasteiger partial charge >= 0.3 is 0 Å². The highest BCUT2D eigenvalue weighted by atomic mass is 32.2. The van der Waals surface area contributed by atoms with Crippen LogP contribution in [0.5, 0.6) is 0 Å². The average molecular weight is 195 g/mol. The number of thioether (sulfide) groups is 1. The summed E-state index contributed by atoms with van der Waals surface area (Å²) >= 11 is 1.30. The van der Waals surface area contributed by atoms with E-state index in [1.807, 2.05) is 31.2 Å². The van der Waals surface area contributed by atoms with Gasteiger partial charge in [-0.1, -0.05) is 17.7 Å². The summed E-state index contributed by atoms with van der Waals surface area (Å²) in [6, 6.07) is 7.76. The fourth-order valence-electron chi connectivity index (χ4n) is 0.869. The smallest absolute Gasteiger partial charge is 0.0545 e. The van der Waals surface area contributed by atoms with Gasteiger partial charge < -0.3 is 9.90 Å². The summed E-state index contributed by atoms with van der Waals surface area (Å²) in [5.74, 6) is -1.02. The summed E-state index contributed by atoms with van der Waals surface area (Å²) < 4.78 is 0. The quantitative estimate of drug-likeness (QED) is 0.681. The molecule has 0 N–H and O–H groups in total. The van der Waals surface area contributed by atoms with E-state index < -0.39 is 11.2 Å². The van der Waals surface area contributed by atoms with Crippen molar-refractivity contribution in [3.8, 4) is 0 Å². The van der Waals surface area contributed by atoms with Crippen LogP contribution in [0.1, 0.15) is 12.5 Å². The number of aliphatic carboxylic acids is 1. The lowest BCUT2D eigenvalue weighted by Crippen LogP contribution is -2.31. The van der Waals surface area contributed by atoms with Crippen LogP contribution in [0.4, 0.5) is 0 Å². The summed E-state index contributed by atoms with van der Waals surface area (Å²) in [6.07, 6.45) is 0. The molecule has 0 amide bonds.